The summed E-state index contributed by atoms with van der Waals surface area (Å²) in [5, 5.41) is 61.1. The number of cyclic esters (lactones) is 1. The van der Waals surface area contributed by atoms with E-state index in [9.17, 15) is 35.1 Å². The molecular weight excluding hydrogens is 744 g/mol. The molecule has 0 aromatic heterocycles. The molecule has 0 radical (unpaired) electrons. The van der Waals surface area contributed by atoms with E-state index in [0.29, 0.717) is 6.54 Å². The highest BCUT2D eigenvalue weighted by atomic mass is 16.7. The Morgan fingerprint density at radius 3 is 2.26 bits per heavy atom. The SMILES string of the molecule is C#CCCOC(=O)N[C@H]1C[C@@H](C)O[C@@H](O[C@@H]2[C@@H](C)[C@H](O[C@H]3C[C@@](C)(OC)[C@@H](O)[C@H](C)O3)[C@@H](C)C(=O)O[C@H](CC)[C@@](C)(O)[C@H](O)[C@@H](C)N(C)C[C@H](C)C[C@@]2(C)O)[C@@H]1O. The number of nitrogens with zero attached hydrogens (tertiary/aromatic N) is 1. The number of alkyl carbamates (subject to hydrolysis) is 1. The van der Waals surface area contributed by atoms with Gasteiger partial charge in [0.25, 0.3) is 0 Å². The number of aliphatic hydroxyl groups excluding tert-OH is 3. The number of aliphatic hydroxyl groups is 5. The Labute approximate surface area is 339 Å². The number of carbonyl (C=O) groups excluding carboxylic acids is 2. The van der Waals surface area contributed by atoms with Crippen molar-refractivity contribution >= 4 is 12.1 Å². The first-order valence-electron chi connectivity index (χ1n) is 20.4. The van der Waals surface area contributed by atoms with Gasteiger partial charge in [0, 0.05) is 38.5 Å². The first-order chi connectivity index (χ1) is 26.4. The number of terminal acetylenes is 1. The van der Waals surface area contributed by atoms with Crippen LogP contribution in [0.1, 0.15) is 101 Å². The molecule has 18 atom stereocenters. The fraction of sp³-hybridized carbons (Fsp3) is 0.902. The van der Waals surface area contributed by atoms with Crippen molar-refractivity contribution in [3.05, 3.63) is 0 Å². The van der Waals surface area contributed by atoms with E-state index in [1.807, 2.05) is 11.8 Å². The number of carbonyl (C=O) groups is 2. The molecule has 3 aliphatic rings. The van der Waals surface area contributed by atoms with E-state index in [-0.39, 0.29) is 44.6 Å². The van der Waals surface area contributed by atoms with E-state index in [4.69, 9.17) is 39.6 Å². The monoisotopic (exact) mass is 816 g/mol. The third kappa shape index (κ3) is 12.0. The molecule has 1 amide bonds. The first kappa shape index (κ1) is 49.2. The summed E-state index contributed by atoms with van der Waals surface area (Å²) >= 11 is 0. The third-order valence-corrected chi connectivity index (χ3v) is 12.4. The van der Waals surface area contributed by atoms with E-state index >= 15 is 0 Å². The molecule has 16 heteroatoms. The normalized spacial score (nSPS) is 45.8. The molecule has 3 fully saturated rings. The number of amides is 1. The van der Waals surface area contributed by atoms with Crippen LogP contribution < -0.4 is 5.32 Å². The highest BCUT2D eigenvalue weighted by Gasteiger charge is 2.52. The van der Waals surface area contributed by atoms with Crippen LogP contribution in [0.3, 0.4) is 0 Å². The Bertz CT molecular complexity index is 1340. The predicted molar refractivity (Wildman–Crippen MR) is 208 cm³/mol. The molecule has 0 aromatic carbocycles. The van der Waals surface area contributed by atoms with Crippen LogP contribution in [0.5, 0.6) is 0 Å². The van der Waals surface area contributed by atoms with Crippen LogP contribution in [-0.4, -0.2) is 160 Å². The van der Waals surface area contributed by atoms with Crippen LogP contribution in [0.2, 0.25) is 0 Å². The van der Waals surface area contributed by atoms with E-state index in [0.717, 1.165) is 0 Å². The molecule has 3 heterocycles. The zero-order valence-corrected chi connectivity index (χ0v) is 36.0. The lowest BCUT2D eigenvalue weighted by atomic mass is 9.77. The van der Waals surface area contributed by atoms with Gasteiger partial charge in [-0.3, -0.25) is 4.79 Å². The van der Waals surface area contributed by atoms with Crippen molar-refractivity contribution in [2.45, 2.75) is 192 Å². The third-order valence-electron chi connectivity index (χ3n) is 12.4. The predicted octanol–water partition coefficient (Wildman–Crippen LogP) is 2.09. The van der Waals surface area contributed by atoms with Gasteiger partial charge in [0.2, 0.25) is 0 Å². The molecule has 57 heavy (non-hydrogen) atoms. The number of ether oxygens (including phenoxy) is 7. The Kier molecular flexibility index (Phi) is 17.6. The molecule has 16 nitrogen and oxygen atoms in total. The quantitative estimate of drug-likeness (QED) is 0.112. The fourth-order valence-corrected chi connectivity index (χ4v) is 8.79. The highest BCUT2D eigenvalue weighted by molar-refractivity contribution is 5.73. The first-order valence-corrected chi connectivity index (χ1v) is 20.4. The minimum atomic E-state index is -1.85. The van der Waals surface area contributed by atoms with E-state index in [1.165, 1.54) is 14.0 Å². The molecule has 6 N–H and O–H groups in total. The zero-order chi connectivity index (χ0) is 43.2. The number of methoxy groups -OCH3 is 1. The van der Waals surface area contributed by atoms with Gasteiger partial charge in [-0.25, -0.2) is 4.79 Å². The average Bonchev–Trinajstić information content (AvgIpc) is 3.13. The summed E-state index contributed by atoms with van der Waals surface area (Å²) in [6, 6.07) is -1.44. The topological polar surface area (TPSA) is 215 Å². The number of hydrogen-bond donors (Lipinski definition) is 6. The van der Waals surface area contributed by atoms with Crippen LogP contribution in [-0.2, 0) is 38.0 Å². The van der Waals surface area contributed by atoms with E-state index in [1.54, 1.807) is 62.4 Å². The second-order valence-corrected chi connectivity index (χ2v) is 17.5. The van der Waals surface area contributed by atoms with Crippen LogP contribution in [0.25, 0.3) is 0 Å². The maximum atomic E-state index is 14.3. The Balaban J connectivity index is 2.14. The summed E-state index contributed by atoms with van der Waals surface area (Å²) in [6.07, 6.45) is -5.38. The van der Waals surface area contributed by atoms with Crippen LogP contribution in [0.4, 0.5) is 4.79 Å². The maximum Gasteiger partial charge on any atom is 0.407 e. The van der Waals surface area contributed by atoms with Gasteiger partial charge >= 0.3 is 12.1 Å². The van der Waals surface area contributed by atoms with Gasteiger partial charge < -0.3 is 68.9 Å². The highest BCUT2D eigenvalue weighted by Crippen LogP contribution is 2.40. The zero-order valence-electron chi connectivity index (χ0n) is 36.0. The van der Waals surface area contributed by atoms with Crippen molar-refractivity contribution in [3.8, 4) is 12.3 Å². The molecule has 0 unspecified atom stereocenters. The summed E-state index contributed by atoms with van der Waals surface area (Å²) in [7, 11) is 3.28. The van der Waals surface area contributed by atoms with Crippen molar-refractivity contribution in [1.82, 2.24) is 10.2 Å². The summed E-state index contributed by atoms with van der Waals surface area (Å²) in [5.74, 6) is -0.526. The van der Waals surface area contributed by atoms with E-state index < -0.39 is 114 Å². The van der Waals surface area contributed by atoms with Gasteiger partial charge in [-0.2, -0.15) is 0 Å². The van der Waals surface area contributed by atoms with Crippen molar-refractivity contribution in [3.63, 3.8) is 0 Å². The van der Waals surface area contributed by atoms with Gasteiger partial charge in [0.15, 0.2) is 12.6 Å². The molecular formula is C41H72N2O14. The van der Waals surface area contributed by atoms with Gasteiger partial charge in [-0.1, -0.05) is 20.8 Å². The van der Waals surface area contributed by atoms with Crippen LogP contribution in [0, 0.1) is 30.1 Å². The van der Waals surface area contributed by atoms with Gasteiger partial charge in [-0.05, 0) is 80.7 Å². The maximum absolute atomic E-state index is 14.3. The largest absolute Gasteiger partial charge is 0.459 e. The van der Waals surface area contributed by atoms with Crippen molar-refractivity contribution < 1.29 is 68.3 Å². The summed E-state index contributed by atoms with van der Waals surface area (Å²) < 4.78 is 42.5. The van der Waals surface area contributed by atoms with Gasteiger partial charge in [-0.15, -0.1) is 12.3 Å². The van der Waals surface area contributed by atoms with Crippen molar-refractivity contribution in [1.29, 1.82) is 0 Å². The molecule has 0 aromatic rings. The minimum absolute atomic E-state index is 0.00473. The lowest BCUT2D eigenvalue weighted by molar-refractivity contribution is -0.315. The minimum Gasteiger partial charge on any atom is -0.459 e. The lowest BCUT2D eigenvalue weighted by Crippen LogP contribution is -2.61. The molecule has 0 spiro atoms. The van der Waals surface area contributed by atoms with Gasteiger partial charge in [0.05, 0.1) is 47.6 Å². The molecule has 3 aliphatic heterocycles. The molecule has 3 rings (SSSR count). The summed E-state index contributed by atoms with van der Waals surface area (Å²) in [4.78, 5) is 28.8. The number of hydrogen-bond acceptors (Lipinski definition) is 15. The molecule has 0 aliphatic carbocycles. The molecule has 0 bridgehead atoms. The van der Waals surface area contributed by atoms with Crippen LogP contribution in [0.15, 0.2) is 0 Å². The second kappa shape index (κ2) is 20.4. The lowest BCUT2D eigenvalue weighted by Gasteiger charge is -2.48. The van der Waals surface area contributed by atoms with Crippen molar-refractivity contribution in [2.75, 3.05) is 27.3 Å². The number of esters is 1. The Morgan fingerprint density at radius 2 is 1.67 bits per heavy atom. The average molecular weight is 817 g/mol. The van der Waals surface area contributed by atoms with Crippen LogP contribution >= 0.6 is 0 Å². The Morgan fingerprint density at radius 1 is 1.02 bits per heavy atom. The molecule has 3 saturated heterocycles. The molecule has 330 valence electrons. The summed E-state index contributed by atoms with van der Waals surface area (Å²) in [6.45, 7) is 17.4. The van der Waals surface area contributed by atoms with Crippen molar-refractivity contribution in [2.24, 2.45) is 17.8 Å². The van der Waals surface area contributed by atoms with Gasteiger partial charge in [0.1, 0.15) is 36.6 Å². The number of rotatable bonds is 9. The Hall–Kier alpha value is -2.14. The second-order valence-electron chi connectivity index (χ2n) is 17.5. The number of nitrogens with one attached hydrogen (secondary N) is 1. The van der Waals surface area contributed by atoms with E-state index in [2.05, 4.69) is 11.2 Å². The standard InChI is InChI=1S/C41H72N2O14/c1-14-16-17-52-38(48)42-28-18-23(4)53-37(31(28)44)57-35-24(5)32(56-30-20-40(10,51-13)34(46)27(8)54-30)25(6)36(47)55-29(15-2)41(11,50)33(45)26(7)43(12)21-22(3)19-39(35,9)49/h1,22-35,37,44-46,49-50H,15-21H2,2-13H3,(H,42,48)/t22-,23-,24+,25-,26-,27+,28+,29-,30+,31-,32+,33-,34+,35-,37+,39-,40-,41-/m1/s1. The summed E-state index contributed by atoms with van der Waals surface area (Å²) in [5.41, 5.74) is -4.59. The fourth-order valence-electron chi connectivity index (χ4n) is 8.79. The molecule has 0 saturated carbocycles. The smallest absolute Gasteiger partial charge is 0.407 e. The number of likely N-dealkylation sites (N-methyl/N-ethyl adjacent to an activating group) is 1.